The molecule has 0 aliphatic heterocycles. The molecule has 0 amide bonds. The van der Waals surface area contributed by atoms with Crippen molar-refractivity contribution in [1.82, 2.24) is 12.3 Å². The molecule has 6 heavy (non-hydrogen) atoms. The average molecular weight is 157 g/mol. The van der Waals surface area contributed by atoms with Crippen molar-refractivity contribution in [1.29, 1.82) is 0 Å². The summed E-state index contributed by atoms with van der Waals surface area (Å²) in [6.45, 7) is 0. The van der Waals surface area contributed by atoms with Crippen LogP contribution in [0.2, 0.25) is 0 Å². The van der Waals surface area contributed by atoms with Crippen molar-refractivity contribution in [2.24, 2.45) is 0 Å². The Labute approximate surface area is 40.2 Å². The van der Waals surface area contributed by atoms with E-state index in [1.54, 1.807) is 0 Å². The minimum atomic E-state index is -3.83. The second kappa shape index (κ2) is 8.85. The molecule has 0 atom stereocenters. The van der Waals surface area contributed by atoms with Gasteiger partial charge in [0.05, 0.1) is 0 Å². The third kappa shape index (κ3) is 1680. The third-order valence-corrected chi connectivity index (χ3v) is 0. The Morgan fingerprint density at radius 2 is 1.33 bits per heavy atom. The van der Waals surface area contributed by atoms with E-state index in [0.29, 0.717) is 0 Å². The fraction of sp³-hybridized carbons (Fsp3) is 0. The van der Waals surface area contributed by atoms with Gasteiger partial charge >= 0.3 is 27.0 Å². The van der Waals surface area contributed by atoms with Crippen molar-refractivity contribution in [3.8, 4) is 0 Å². The topological polar surface area (TPSA) is 139 Å². The van der Waals surface area contributed by atoms with Crippen LogP contribution in [0, 0.1) is 0 Å². The molecule has 0 aromatic heterocycles. The van der Waals surface area contributed by atoms with E-state index in [-0.39, 0.29) is 12.3 Å². The standard InChI is InChI=1S/GeHO3.2H3N/c2-1(3)4;;/h2H;2*1H3/q-1;;/p+1. The zero-order valence-electron chi connectivity index (χ0n) is 3.47. The first-order valence-electron chi connectivity index (χ1n) is 0.632. The fourth-order valence-corrected chi connectivity index (χ4v) is 0. The van der Waals surface area contributed by atoms with Gasteiger partial charge in [-0.3, -0.25) is 0 Å². The van der Waals surface area contributed by atoms with Gasteiger partial charge in [0.2, 0.25) is 0 Å². The molecule has 6 heteroatoms. The predicted octanol–water partition coefficient (Wildman–Crippen LogP) is -2.40. The molecule has 0 fully saturated rings. The van der Waals surface area contributed by atoms with E-state index >= 15 is 0 Å². The Kier molecular flexibility index (Phi) is 25.0. The SMILES string of the molecule is N.[NH4+].[O-][Ge]([O-])=[OH+]. The molecule has 0 saturated heterocycles. The van der Waals surface area contributed by atoms with Gasteiger partial charge < -0.3 is 12.3 Å². The quantitative estimate of drug-likeness (QED) is 0.299. The van der Waals surface area contributed by atoms with Crippen LogP contribution in [-0.4, -0.2) is 18.7 Å². The van der Waals surface area contributed by atoms with Crippen molar-refractivity contribution in [3.63, 3.8) is 0 Å². The number of hydrogen-bond donors (Lipinski definition) is 2. The Balaban J connectivity index is -0.0000000450. The van der Waals surface area contributed by atoms with Crippen molar-refractivity contribution < 1.29 is 12.0 Å². The van der Waals surface area contributed by atoms with Gasteiger partial charge in [0.15, 0.2) is 0 Å². The summed E-state index contributed by atoms with van der Waals surface area (Å²) < 4.78 is 24.5. The van der Waals surface area contributed by atoms with E-state index < -0.39 is 15.0 Å². The first-order chi connectivity index (χ1) is 1.73. The van der Waals surface area contributed by atoms with Crippen molar-refractivity contribution in [3.05, 3.63) is 0 Å². The monoisotopic (exact) mass is 158 g/mol. The Morgan fingerprint density at radius 1 is 1.33 bits per heavy atom. The van der Waals surface area contributed by atoms with Gasteiger partial charge in [-0.1, -0.05) is 0 Å². The summed E-state index contributed by atoms with van der Waals surface area (Å²) >= 11 is -3.83. The van der Waals surface area contributed by atoms with E-state index in [2.05, 4.69) is 0 Å². The summed E-state index contributed by atoms with van der Waals surface area (Å²) in [5.41, 5.74) is 0. The van der Waals surface area contributed by atoms with Gasteiger partial charge in [-0.2, -0.15) is 0 Å². The van der Waals surface area contributed by atoms with Gasteiger partial charge in [-0.15, -0.1) is 0 Å². The molecule has 0 bridgehead atoms. The van der Waals surface area contributed by atoms with Crippen LogP contribution in [0.3, 0.4) is 0 Å². The van der Waals surface area contributed by atoms with Crippen LogP contribution in [0.25, 0.3) is 0 Å². The van der Waals surface area contributed by atoms with Crippen LogP contribution in [0.15, 0.2) is 0 Å². The predicted molar refractivity (Wildman–Crippen MR) is 18.7 cm³/mol. The molecule has 0 aromatic carbocycles. The molecule has 0 aliphatic carbocycles. The third-order valence-electron chi connectivity index (χ3n) is 0. The van der Waals surface area contributed by atoms with Gasteiger partial charge in [0.25, 0.3) is 0 Å². The first kappa shape index (κ1) is 16.9. The van der Waals surface area contributed by atoms with E-state index in [1.165, 1.54) is 0 Å². The average Bonchev–Trinajstić information content (AvgIpc) is 0.811. The molecular weight excluding hydrogens is 149 g/mol. The molecule has 0 aromatic rings. The summed E-state index contributed by atoms with van der Waals surface area (Å²) in [7, 11) is 0. The Hall–Kier alpha value is -0.137. The van der Waals surface area contributed by atoms with Crippen LogP contribution >= 0.6 is 0 Å². The molecule has 0 aliphatic rings. The van der Waals surface area contributed by atoms with Crippen LogP contribution < -0.4 is 20.6 Å². The molecule has 0 heterocycles. The first-order valence-corrected chi connectivity index (χ1v) is 3.28. The fourth-order valence-electron chi connectivity index (χ4n) is 0. The van der Waals surface area contributed by atoms with Gasteiger partial charge in [0.1, 0.15) is 0 Å². The van der Waals surface area contributed by atoms with Gasteiger partial charge in [-0.05, 0) is 0 Å². The zero-order valence-corrected chi connectivity index (χ0v) is 5.57. The van der Waals surface area contributed by atoms with Gasteiger partial charge in [0, 0.05) is 0 Å². The van der Waals surface area contributed by atoms with Crippen LogP contribution in [0.1, 0.15) is 0 Å². The molecule has 0 unspecified atom stereocenters. The van der Waals surface area contributed by atoms with E-state index in [9.17, 15) is 0 Å². The summed E-state index contributed by atoms with van der Waals surface area (Å²) in [6.07, 6.45) is 0. The second-order valence-corrected chi connectivity index (χ2v) is 1.38. The molecular formula is H8GeN2O3. The van der Waals surface area contributed by atoms with Crippen molar-refractivity contribution >= 4 is 15.0 Å². The number of rotatable bonds is 0. The summed E-state index contributed by atoms with van der Waals surface area (Å²) in [5, 5.41) is 0. The molecule has 0 spiro atoms. The molecule has 0 radical (unpaired) electrons. The zero-order chi connectivity index (χ0) is 3.58. The molecule has 0 saturated carbocycles. The van der Waals surface area contributed by atoms with Crippen LogP contribution in [0.5, 0.6) is 0 Å². The Morgan fingerprint density at radius 3 is 1.33 bits per heavy atom. The van der Waals surface area contributed by atoms with Crippen molar-refractivity contribution in [2.75, 3.05) is 0 Å². The molecule has 8 N–H and O–H groups in total. The second-order valence-electron chi connectivity index (χ2n) is 0.266. The summed E-state index contributed by atoms with van der Waals surface area (Å²) in [5.74, 6) is 0. The van der Waals surface area contributed by atoms with Crippen LogP contribution in [-0.2, 0) is 0 Å². The Bertz CT molecular complexity index is 31.8. The van der Waals surface area contributed by atoms with E-state index in [1.807, 2.05) is 0 Å². The normalized spacial score (nSPS) is 4.00. The molecule has 0 rings (SSSR count). The minimum absolute atomic E-state index is 0. The maximum atomic E-state index is 8.69. The van der Waals surface area contributed by atoms with E-state index in [0.717, 1.165) is 0 Å². The summed E-state index contributed by atoms with van der Waals surface area (Å²) in [6, 6.07) is 0. The van der Waals surface area contributed by atoms with Crippen molar-refractivity contribution in [2.45, 2.75) is 0 Å². The van der Waals surface area contributed by atoms with Crippen LogP contribution in [0.4, 0.5) is 0 Å². The number of quaternary nitrogens is 1. The maximum absolute atomic E-state index is 8.69. The summed E-state index contributed by atoms with van der Waals surface area (Å²) in [4.78, 5) is 0. The number of hydrogen-bond acceptors (Lipinski definition) is 3. The molecule has 5 nitrogen and oxygen atoms in total. The van der Waals surface area contributed by atoms with E-state index in [4.69, 9.17) is 12.0 Å². The van der Waals surface area contributed by atoms with Gasteiger partial charge in [-0.25, -0.2) is 0 Å². The molecule has 40 valence electrons.